The zero-order valence-corrected chi connectivity index (χ0v) is 65.5. The maximum Gasteiger partial charge on any atom is 0.311 e. The van der Waals surface area contributed by atoms with E-state index in [4.69, 9.17) is 63.2 Å². The zero-order valence-electron chi connectivity index (χ0n) is 65.5. The molecule has 1 heterocycles. The number of nitrogens with zero attached hydrogens (tertiary/aromatic N) is 5. The van der Waals surface area contributed by atoms with Crippen molar-refractivity contribution in [2.24, 2.45) is 56.7 Å². The summed E-state index contributed by atoms with van der Waals surface area (Å²) in [7, 11) is 16.4. The lowest BCUT2D eigenvalue weighted by Crippen LogP contribution is -2.44. The summed E-state index contributed by atoms with van der Waals surface area (Å²) in [5, 5.41) is 52.0. The Labute approximate surface area is 657 Å². The molecule has 0 aromatic heterocycles. The summed E-state index contributed by atoms with van der Waals surface area (Å²) in [5.41, 5.74) is -5.02. The molecule has 0 aliphatic carbocycles. The van der Waals surface area contributed by atoms with Gasteiger partial charge in [0.05, 0.1) is 33.7 Å². The molecular formula is C78H159N5O26. The van der Waals surface area contributed by atoms with Crippen molar-refractivity contribution in [2.45, 2.75) is 260 Å². The average molecular weight is 1580 g/mol. The molecule has 1 saturated heterocycles. The van der Waals surface area contributed by atoms with Gasteiger partial charge in [0.25, 0.3) is 17.9 Å². The van der Waals surface area contributed by atoms with Gasteiger partial charge >= 0.3 is 35.8 Å². The number of aliphatic hydroxyl groups is 2. The molecule has 31 nitrogen and oxygen atoms in total. The molecule has 652 valence electrons. The highest BCUT2D eigenvalue weighted by atomic mass is 16.6. The maximum atomic E-state index is 13.7. The van der Waals surface area contributed by atoms with Crippen molar-refractivity contribution in [1.82, 2.24) is 24.5 Å². The minimum atomic E-state index is -1.45. The number of ether oxygens (including phenoxy) is 6. The molecule has 1 fully saturated rings. The quantitative estimate of drug-likeness (QED) is 0.0193. The molecule has 0 aromatic carbocycles. The Bertz CT molecular complexity index is 2600. The lowest BCUT2D eigenvalue weighted by Gasteiger charge is -2.37. The van der Waals surface area contributed by atoms with Crippen LogP contribution in [0.1, 0.15) is 241 Å². The summed E-state index contributed by atoms with van der Waals surface area (Å²) < 4.78 is 31.4. The summed E-state index contributed by atoms with van der Waals surface area (Å²) in [4.78, 5) is 171. The highest BCUT2D eigenvalue weighted by Gasteiger charge is 2.46. The van der Waals surface area contributed by atoms with Crippen molar-refractivity contribution in [3.05, 3.63) is 0 Å². The molecule has 1 aliphatic heterocycles. The van der Waals surface area contributed by atoms with Crippen LogP contribution in [0.4, 0.5) is 0 Å². The fourth-order valence-electron chi connectivity index (χ4n) is 9.47. The smallest absolute Gasteiger partial charge is 0.311 e. The number of carboxylic acid groups (broad SMARTS) is 4. The first-order valence-electron chi connectivity index (χ1n) is 33.5. The molecule has 31 heteroatoms. The molecule has 0 saturated carbocycles. The van der Waals surface area contributed by atoms with Gasteiger partial charge in [0.15, 0.2) is 0 Å². The number of carbonyl (C=O) groups excluding carboxylic acids is 10. The standard InChI is InChI=1S/C39H69N3O13.C14H25NO4.C11H21NO3.3C2H4O2.8CH4/c1-15-38(7,35(50)54-24-30(45)22-53-34(49)37(5,6)17-16-25(2)31(46)40(9)10)19-28(33(48)42(13)14)20-39(8,18-26(3)32(47)41(11)12)36(51)55-23-29(44)21-52-27(4)43;1-6-14(3,7-10(2)12(16)15(4)5)13(17)19-9-11-8-18-11;1-8(9(13)12(4)5)6-7-11(2,3)10(14)15;3*1-2(3)4;;;;;;;;/h25-26,28-30,44-45H,15-24H2,1-14H3;10-11H,6-9H2,1-5H3;8H,6-7H2,1-5H3,(H,14,15);3*1H3,(H,3,4);8*1H4. The second-order valence-corrected chi connectivity index (χ2v) is 28.8. The molecule has 1 rings (SSSR count). The molecule has 6 N–H and O–H groups in total. The van der Waals surface area contributed by atoms with Crippen molar-refractivity contribution in [1.29, 1.82) is 0 Å². The second-order valence-electron chi connectivity index (χ2n) is 28.8. The van der Waals surface area contributed by atoms with E-state index in [0.29, 0.717) is 51.7 Å². The van der Waals surface area contributed by atoms with Crippen LogP contribution in [0.3, 0.4) is 0 Å². The Morgan fingerprint density at radius 1 is 0.385 bits per heavy atom. The Balaban J connectivity index is -0.000000126. The van der Waals surface area contributed by atoms with Gasteiger partial charge < -0.3 is 83.6 Å². The van der Waals surface area contributed by atoms with Crippen LogP contribution in [-0.2, 0) is 95.5 Å². The van der Waals surface area contributed by atoms with Crippen LogP contribution in [0.2, 0.25) is 0 Å². The molecule has 11 unspecified atom stereocenters. The first-order chi connectivity index (χ1) is 45.8. The molecule has 11 atom stereocenters. The summed E-state index contributed by atoms with van der Waals surface area (Å²) in [6.45, 7) is 26.2. The predicted octanol–water partition coefficient (Wildman–Crippen LogP) is 10.9. The van der Waals surface area contributed by atoms with Gasteiger partial charge in [-0.05, 0) is 113 Å². The van der Waals surface area contributed by atoms with Crippen LogP contribution in [0.5, 0.6) is 0 Å². The fraction of sp³-hybridized carbons (Fsp3) is 0.821. The molecule has 0 radical (unpaired) electrons. The fourth-order valence-corrected chi connectivity index (χ4v) is 9.47. The molecule has 109 heavy (non-hydrogen) atoms. The number of esters is 5. The number of rotatable bonds is 36. The van der Waals surface area contributed by atoms with Gasteiger partial charge in [0.1, 0.15) is 51.3 Å². The summed E-state index contributed by atoms with van der Waals surface area (Å²) in [5.74, 6) is -9.06. The monoisotopic (exact) mass is 1580 g/mol. The van der Waals surface area contributed by atoms with Crippen LogP contribution in [0, 0.1) is 56.7 Å². The van der Waals surface area contributed by atoms with Gasteiger partial charge in [-0.1, -0.05) is 101 Å². The zero-order chi connectivity index (χ0) is 80.6. The highest BCUT2D eigenvalue weighted by molar-refractivity contribution is 5.85. The number of carbonyl (C=O) groups is 14. The number of carboxylic acids is 4. The molecule has 1 aliphatic rings. The molecule has 0 bridgehead atoms. The molecule has 5 amide bonds. The van der Waals surface area contributed by atoms with Crippen molar-refractivity contribution < 1.29 is 126 Å². The van der Waals surface area contributed by atoms with Gasteiger partial charge in [0, 0.05) is 128 Å². The van der Waals surface area contributed by atoms with Crippen LogP contribution in [0.15, 0.2) is 0 Å². The molecule has 0 spiro atoms. The van der Waals surface area contributed by atoms with Crippen LogP contribution < -0.4 is 0 Å². The third kappa shape index (κ3) is 59.0. The number of epoxide rings is 1. The number of aliphatic carboxylic acids is 4. The minimum absolute atomic E-state index is 0. The normalized spacial score (nSPS) is 14.7. The lowest BCUT2D eigenvalue weighted by atomic mass is 9.69. The Kier molecular flexibility index (Phi) is 75.8. The van der Waals surface area contributed by atoms with E-state index in [1.807, 2.05) is 27.7 Å². The van der Waals surface area contributed by atoms with E-state index in [1.54, 1.807) is 143 Å². The highest BCUT2D eigenvalue weighted by Crippen LogP contribution is 2.42. The minimum Gasteiger partial charge on any atom is -0.481 e. The van der Waals surface area contributed by atoms with Crippen LogP contribution in [-0.4, -0.2) is 267 Å². The Morgan fingerprint density at radius 2 is 0.633 bits per heavy atom. The third-order valence-corrected chi connectivity index (χ3v) is 16.2. The van der Waals surface area contributed by atoms with Gasteiger partial charge in [0.2, 0.25) is 29.5 Å². The van der Waals surface area contributed by atoms with Gasteiger partial charge in [-0.15, -0.1) is 0 Å². The summed E-state index contributed by atoms with van der Waals surface area (Å²) in [6, 6.07) is 0. The summed E-state index contributed by atoms with van der Waals surface area (Å²) in [6.07, 6.45) is 0.530. The first kappa shape index (κ1) is 131. The van der Waals surface area contributed by atoms with Crippen molar-refractivity contribution in [3.63, 3.8) is 0 Å². The van der Waals surface area contributed by atoms with E-state index in [9.17, 15) is 63.0 Å². The van der Waals surface area contributed by atoms with E-state index in [1.165, 1.54) is 21.6 Å². The van der Waals surface area contributed by atoms with Gasteiger partial charge in [-0.3, -0.25) is 67.1 Å². The molecular weight excluding hydrogens is 1420 g/mol. The van der Waals surface area contributed by atoms with Crippen LogP contribution >= 0.6 is 0 Å². The third-order valence-electron chi connectivity index (χ3n) is 16.2. The number of aliphatic hydroxyl groups excluding tert-OH is 2. The van der Waals surface area contributed by atoms with E-state index < -0.39 is 125 Å². The van der Waals surface area contributed by atoms with E-state index >= 15 is 0 Å². The number of amides is 5. The number of hydrogen-bond donors (Lipinski definition) is 6. The van der Waals surface area contributed by atoms with E-state index in [-0.39, 0.29) is 144 Å². The van der Waals surface area contributed by atoms with Crippen molar-refractivity contribution >= 4 is 83.3 Å². The van der Waals surface area contributed by atoms with Crippen molar-refractivity contribution in [3.8, 4) is 0 Å². The van der Waals surface area contributed by atoms with Crippen molar-refractivity contribution in [2.75, 3.05) is 110 Å². The Hall–Kier alpha value is -7.54. The maximum absolute atomic E-state index is 13.7. The first-order valence-corrected chi connectivity index (χ1v) is 33.5. The predicted molar refractivity (Wildman–Crippen MR) is 427 cm³/mol. The lowest BCUT2D eigenvalue weighted by molar-refractivity contribution is -0.166. The SMILES string of the molecule is C.C.C.C.C.C.C.C.CC(=O)O.CC(=O)O.CC(=O)O.CC(CCC(C)(C)C(=O)O)C(=O)N(C)C.CCC(C)(CC(C)C(=O)N(C)C)C(=O)OCC1CO1.CCC(C)(CC(CC(C)(CC(C)C(=O)N(C)C)C(=O)OCC(O)COC(C)=O)C(=O)N(C)C)C(=O)OCC(O)COC(=O)C(C)(C)CCC(C)C(=O)N(C)C. The number of hydrogen-bond acceptors (Lipinski definition) is 22. The Morgan fingerprint density at radius 3 is 0.917 bits per heavy atom. The average Bonchev–Trinajstić information content (AvgIpc) is 1.63. The topological polar surface area (TPSA) is 435 Å². The van der Waals surface area contributed by atoms with Gasteiger partial charge in [-0.25, -0.2) is 0 Å². The second kappa shape index (κ2) is 63.1. The van der Waals surface area contributed by atoms with E-state index in [2.05, 4.69) is 0 Å². The largest absolute Gasteiger partial charge is 0.481 e. The van der Waals surface area contributed by atoms with Crippen LogP contribution in [0.25, 0.3) is 0 Å². The van der Waals surface area contributed by atoms with Gasteiger partial charge in [-0.2, -0.15) is 0 Å². The van der Waals surface area contributed by atoms with E-state index in [0.717, 1.165) is 20.8 Å². The summed E-state index contributed by atoms with van der Waals surface area (Å²) >= 11 is 0. The molecule has 0 aromatic rings.